The number of piperidine rings is 1. The first-order chi connectivity index (χ1) is 6.88. The van der Waals surface area contributed by atoms with Crippen molar-refractivity contribution in [3.05, 3.63) is 11.7 Å². The van der Waals surface area contributed by atoms with Gasteiger partial charge in [-0.25, -0.2) is 0 Å². The van der Waals surface area contributed by atoms with E-state index in [1.165, 1.54) is 19.3 Å². The zero-order valence-electron chi connectivity index (χ0n) is 9.09. The highest BCUT2D eigenvalue weighted by Crippen LogP contribution is 2.11. The zero-order chi connectivity index (χ0) is 9.80. The maximum Gasteiger partial charge on any atom is 0.240 e. The molecule has 1 aliphatic heterocycles. The van der Waals surface area contributed by atoms with E-state index in [1.54, 1.807) is 0 Å². The van der Waals surface area contributed by atoms with Crippen LogP contribution in [-0.4, -0.2) is 28.1 Å². The second-order valence-electron chi connectivity index (χ2n) is 3.65. The Morgan fingerprint density at radius 2 is 1.88 bits per heavy atom. The third-order valence-electron chi connectivity index (χ3n) is 2.50. The van der Waals surface area contributed by atoms with Crippen LogP contribution in [0, 0.1) is 0 Å². The summed E-state index contributed by atoms with van der Waals surface area (Å²) in [6, 6.07) is 0. The van der Waals surface area contributed by atoms with Crippen LogP contribution in [0.2, 0.25) is 0 Å². The van der Waals surface area contributed by atoms with Crippen molar-refractivity contribution >= 4 is 24.8 Å². The van der Waals surface area contributed by atoms with Crippen molar-refractivity contribution in [3.8, 4) is 0 Å². The van der Waals surface area contributed by atoms with E-state index in [2.05, 4.69) is 15.0 Å². The van der Waals surface area contributed by atoms with E-state index in [1.807, 2.05) is 0 Å². The Kier molecular flexibility index (Phi) is 7.66. The minimum atomic E-state index is 0. The van der Waals surface area contributed by atoms with Crippen molar-refractivity contribution in [2.75, 3.05) is 13.1 Å². The third-order valence-corrected chi connectivity index (χ3v) is 2.50. The summed E-state index contributed by atoms with van der Waals surface area (Å²) in [5.41, 5.74) is 5.39. The van der Waals surface area contributed by atoms with E-state index in [0.717, 1.165) is 25.5 Å². The van der Waals surface area contributed by atoms with Crippen molar-refractivity contribution in [2.45, 2.75) is 32.4 Å². The van der Waals surface area contributed by atoms with Gasteiger partial charge in [0.15, 0.2) is 5.82 Å². The largest absolute Gasteiger partial charge is 0.338 e. The minimum Gasteiger partial charge on any atom is -0.338 e. The van der Waals surface area contributed by atoms with Crippen LogP contribution >= 0.6 is 24.8 Å². The summed E-state index contributed by atoms with van der Waals surface area (Å²) >= 11 is 0. The van der Waals surface area contributed by atoms with Gasteiger partial charge in [0.1, 0.15) is 0 Å². The van der Waals surface area contributed by atoms with Gasteiger partial charge in [-0.1, -0.05) is 11.6 Å². The van der Waals surface area contributed by atoms with Crippen molar-refractivity contribution in [2.24, 2.45) is 5.73 Å². The summed E-state index contributed by atoms with van der Waals surface area (Å²) in [6.07, 6.45) is 3.90. The highest BCUT2D eigenvalue weighted by Gasteiger charge is 2.13. The van der Waals surface area contributed by atoms with Gasteiger partial charge in [0.2, 0.25) is 5.89 Å². The molecule has 0 unspecified atom stereocenters. The number of hydrogen-bond acceptors (Lipinski definition) is 5. The van der Waals surface area contributed by atoms with E-state index < -0.39 is 0 Å². The van der Waals surface area contributed by atoms with Gasteiger partial charge in [0, 0.05) is 0 Å². The molecular formula is C9H18Cl2N4O. The molecule has 1 fully saturated rings. The van der Waals surface area contributed by atoms with Crippen molar-refractivity contribution in [3.63, 3.8) is 0 Å². The summed E-state index contributed by atoms with van der Waals surface area (Å²) in [5.74, 6) is 1.28. The SMILES string of the molecule is Cl.Cl.NCc1nc(CN2CCCCC2)no1. The molecule has 0 spiro atoms. The number of aromatic nitrogens is 2. The number of halogens is 2. The molecule has 2 rings (SSSR count). The van der Waals surface area contributed by atoms with Gasteiger partial charge in [-0.05, 0) is 25.9 Å². The maximum absolute atomic E-state index is 5.39. The zero-order valence-corrected chi connectivity index (χ0v) is 10.7. The van der Waals surface area contributed by atoms with E-state index in [-0.39, 0.29) is 24.8 Å². The van der Waals surface area contributed by atoms with Gasteiger partial charge in [0.25, 0.3) is 0 Å². The van der Waals surface area contributed by atoms with Gasteiger partial charge < -0.3 is 10.3 Å². The molecule has 0 aromatic carbocycles. The van der Waals surface area contributed by atoms with Crippen LogP contribution in [0.4, 0.5) is 0 Å². The van der Waals surface area contributed by atoms with Crippen LogP contribution in [0.3, 0.4) is 0 Å². The van der Waals surface area contributed by atoms with Crippen LogP contribution in [0.1, 0.15) is 31.0 Å². The molecule has 2 heterocycles. The molecule has 0 amide bonds. The number of nitrogens with zero attached hydrogens (tertiary/aromatic N) is 3. The van der Waals surface area contributed by atoms with Gasteiger partial charge in [0.05, 0.1) is 13.1 Å². The maximum atomic E-state index is 5.39. The topological polar surface area (TPSA) is 68.2 Å². The molecule has 1 aromatic heterocycles. The monoisotopic (exact) mass is 268 g/mol. The van der Waals surface area contributed by atoms with Gasteiger partial charge in [-0.15, -0.1) is 24.8 Å². The average molecular weight is 269 g/mol. The standard InChI is InChI=1S/C9H16N4O.2ClH/c10-6-9-11-8(12-14-9)7-13-4-2-1-3-5-13;;/h1-7,10H2;2*1H. The smallest absolute Gasteiger partial charge is 0.240 e. The molecule has 94 valence electrons. The Hall–Kier alpha value is -0.360. The molecule has 2 N–H and O–H groups in total. The Bertz CT molecular complexity index is 289. The highest BCUT2D eigenvalue weighted by atomic mass is 35.5. The van der Waals surface area contributed by atoms with Crippen LogP contribution in [0.25, 0.3) is 0 Å². The second kappa shape index (κ2) is 7.84. The van der Waals surface area contributed by atoms with E-state index in [9.17, 15) is 0 Å². The fourth-order valence-electron chi connectivity index (χ4n) is 1.75. The summed E-state index contributed by atoms with van der Waals surface area (Å²) in [5, 5.41) is 3.87. The van der Waals surface area contributed by atoms with Crippen LogP contribution in [0.5, 0.6) is 0 Å². The van der Waals surface area contributed by atoms with Crippen LogP contribution < -0.4 is 5.73 Å². The molecule has 0 radical (unpaired) electrons. The molecule has 0 bridgehead atoms. The number of nitrogens with two attached hydrogens (primary N) is 1. The van der Waals surface area contributed by atoms with Crippen LogP contribution in [0.15, 0.2) is 4.52 Å². The Morgan fingerprint density at radius 3 is 2.44 bits per heavy atom. The van der Waals surface area contributed by atoms with Crippen molar-refractivity contribution in [1.82, 2.24) is 15.0 Å². The quantitative estimate of drug-likeness (QED) is 0.897. The predicted octanol–water partition coefficient (Wildman–Crippen LogP) is 1.36. The summed E-state index contributed by atoms with van der Waals surface area (Å²) in [6.45, 7) is 3.41. The van der Waals surface area contributed by atoms with Crippen molar-refractivity contribution in [1.29, 1.82) is 0 Å². The number of likely N-dealkylation sites (tertiary alicyclic amines) is 1. The molecule has 1 aromatic rings. The first-order valence-corrected chi connectivity index (χ1v) is 5.12. The molecular weight excluding hydrogens is 251 g/mol. The normalized spacial score (nSPS) is 16.3. The van der Waals surface area contributed by atoms with E-state index in [4.69, 9.17) is 10.3 Å². The number of hydrogen-bond donors (Lipinski definition) is 1. The van der Waals surface area contributed by atoms with E-state index in [0.29, 0.717) is 12.4 Å². The fraction of sp³-hybridized carbons (Fsp3) is 0.778. The second-order valence-corrected chi connectivity index (χ2v) is 3.65. The molecule has 5 nitrogen and oxygen atoms in total. The lowest BCUT2D eigenvalue weighted by Gasteiger charge is -2.24. The molecule has 0 atom stereocenters. The lowest BCUT2D eigenvalue weighted by atomic mass is 10.1. The summed E-state index contributed by atoms with van der Waals surface area (Å²) in [7, 11) is 0. The average Bonchev–Trinajstić information content (AvgIpc) is 2.67. The molecule has 1 saturated heterocycles. The first-order valence-electron chi connectivity index (χ1n) is 5.12. The molecule has 0 aliphatic carbocycles. The predicted molar refractivity (Wildman–Crippen MR) is 65.8 cm³/mol. The lowest BCUT2D eigenvalue weighted by Crippen LogP contribution is -2.29. The lowest BCUT2D eigenvalue weighted by molar-refractivity contribution is 0.213. The highest BCUT2D eigenvalue weighted by molar-refractivity contribution is 5.85. The minimum absolute atomic E-state index is 0. The van der Waals surface area contributed by atoms with Gasteiger partial charge in [-0.3, -0.25) is 4.90 Å². The van der Waals surface area contributed by atoms with Crippen LogP contribution in [-0.2, 0) is 13.1 Å². The Balaban J connectivity index is 0.00000112. The Morgan fingerprint density at radius 1 is 1.19 bits per heavy atom. The molecule has 0 saturated carbocycles. The molecule has 16 heavy (non-hydrogen) atoms. The van der Waals surface area contributed by atoms with E-state index >= 15 is 0 Å². The van der Waals surface area contributed by atoms with Gasteiger partial charge in [-0.2, -0.15) is 4.98 Å². The summed E-state index contributed by atoms with van der Waals surface area (Å²) in [4.78, 5) is 6.53. The summed E-state index contributed by atoms with van der Waals surface area (Å²) < 4.78 is 4.94. The first kappa shape index (κ1) is 15.6. The van der Waals surface area contributed by atoms with Crippen molar-refractivity contribution < 1.29 is 4.52 Å². The van der Waals surface area contributed by atoms with Gasteiger partial charge >= 0.3 is 0 Å². The fourth-order valence-corrected chi connectivity index (χ4v) is 1.75. The third kappa shape index (κ3) is 4.25. The Labute approximate surface area is 108 Å². The number of rotatable bonds is 3. The molecule has 7 heteroatoms. The molecule has 1 aliphatic rings.